The number of rotatable bonds is 15. The molecule has 3 aromatic carbocycles. The van der Waals surface area contributed by atoms with Crippen molar-refractivity contribution in [2.24, 2.45) is 5.92 Å². The number of pyridine rings is 1. The Kier molecular flexibility index (Phi) is 17.3. The van der Waals surface area contributed by atoms with E-state index >= 15 is 0 Å². The number of likely N-dealkylation sites (tertiary alicyclic amines) is 1. The maximum atomic E-state index is 14.4. The van der Waals surface area contributed by atoms with E-state index in [1.165, 1.54) is 18.0 Å². The minimum absolute atomic E-state index is 0.0494. The van der Waals surface area contributed by atoms with Gasteiger partial charge in [-0.25, -0.2) is 24.4 Å². The van der Waals surface area contributed by atoms with E-state index in [-0.39, 0.29) is 41.1 Å². The van der Waals surface area contributed by atoms with Crippen molar-refractivity contribution in [2.45, 2.75) is 31.7 Å². The fourth-order valence-electron chi connectivity index (χ4n) is 9.83. The van der Waals surface area contributed by atoms with Crippen LogP contribution in [0.2, 0.25) is 0 Å². The van der Waals surface area contributed by atoms with Crippen LogP contribution in [0.5, 0.6) is 0 Å². The summed E-state index contributed by atoms with van der Waals surface area (Å²) in [6, 6.07) is 23.7. The first-order chi connectivity index (χ1) is 36.1. The van der Waals surface area contributed by atoms with E-state index in [1.54, 1.807) is 47.6 Å². The molecule has 18 nitrogen and oxygen atoms in total. The molecule has 0 atom stereocenters. The van der Waals surface area contributed by atoms with Crippen molar-refractivity contribution in [3.8, 4) is 11.1 Å². The van der Waals surface area contributed by atoms with E-state index in [2.05, 4.69) is 62.6 Å². The number of ether oxygens (including phenoxy) is 1. The van der Waals surface area contributed by atoms with Crippen LogP contribution in [0.4, 0.5) is 10.1 Å². The van der Waals surface area contributed by atoms with Crippen molar-refractivity contribution < 1.29 is 28.3 Å². The summed E-state index contributed by atoms with van der Waals surface area (Å²) < 4.78 is 19.8. The molecule has 74 heavy (non-hydrogen) atoms. The third-order valence-electron chi connectivity index (χ3n) is 14.3. The highest BCUT2D eigenvalue weighted by Gasteiger charge is 2.30. The molecule has 6 aromatic rings. The van der Waals surface area contributed by atoms with Gasteiger partial charge < -0.3 is 39.8 Å². The molecular formula is C55H63FN12O6. The van der Waals surface area contributed by atoms with Crippen molar-refractivity contribution in [2.75, 3.05) is 111 Å². The SMILES string of the molecule is CN1CCN(C(=O)c2cc(Cc3n[nH]c(=O)c4ccccc34)ccc2F)CC1.O=CCN1CCN(CC2CCN(C(=O)c3ncc(-c4cccc(C5COC5)c4)cc3NC(=O)CNCc3ccncn3)CC2)CC1. The van der Waals surface area contributed by atoms with Gasteiger partial charge in [0.2, 0.25) is 5.91 Å². The second-order valence-electron chi connectivity index (χ2n) is 19.5. The number of H-pyrrole nitrogens is 1. The number of anilines is 1. The van der Waals surface area contributed by atoms with Gasteiger partial charge in [0.1, 0.15) is 18.4 Å². The minimum atomic E-state index is -0.521. The summed E-state index contributed by atoms with van der Waals surface area (Å²) in [6.45, 7) is 11.2. The fraction of sp³-hybridized carbons (Fsp3) is 0.400. The van der Waals surface area contributed by atoms with Crippen LogP contribution in [0.25, 0.3) is 21.9 Å². The summed E-state index contributed by atoms with van der Waals surface area (Å²) >= 11 is 0. The van der Waals surface area contributed by atoms with E-state index in [9.17, 15) is 28.4 Å². The molecular weight excluding hydrogens is 944 g/mol. The van der Waals surface area contributed by atoms with Gasteiger partial charge in [-0.1, -0.05) is 48.5 Å². The van der Waals surface area contributed by atoms with Gasteiger partial charge >= 0.3 is 0 Å². The summed E-state index contributed by atoms with van der Waals surface area (Å²) in [7, 11) is 2.00. The van der Waals surface area contributed by atoms with Gasteiger partial charge in [-0.15, -0.1) is 0 Å². The van der Waals surface area contributed by atoms with Crippen LogP contribution in [-0.2, 0) is 27.3 Å². The molecule has 386 valence electrons. The summed E-state index contributed by atoms with van der Waals surface area (Å²) in [5, 5.41) is 14.1. The first-order valence-corrected chi connectivity index (χ1v) is 25.4. The number of hydrogen-bond donors (Lipinski definition) is 3. The molecule has 0 radical (unpaired) electrons. The second kappa shape index (κ2) is 24.7. The van der Waals surface area contributed by atoms with Crippen molar-refractivity contribution in [3.05, 3.63) is 148 Å². The Morgan fingerprint density at radius 3 is 2.30 bits per heavy atom. The molecule has 19 heteroatoms. The average molecular weight is 1010 g/mol. The van der Waals surface area contributed by atoms with Crippen molar-refractivity contribution in [1.82, 2.24) is 55.0 Å². The lowest BCUT2D eigenvalue weighted by molar-refractivity contribution is -0.115. The molecule has 3 aromatic heterocycles. The molecule has 10 rings (SSSR count). The van der Waals surface area contributed by atoms with E-state index in [1.807, 2.05) is 42.3 Å². The number of aromatic amines is 1. The number of aldehydes is 1. The van der Waals surface area contributed by atoms with Crippen LogP contribution < -0.4 is 16.2 Å². The summed E-state index contributed by atoms with van der Waals surface area (Å²) in [6.07, 6.45) is 8.07. The third-order valence-corrected chi connectivity index (χ3v) is 14.3. The van der Waals surface area contributed by atoms with Crippen LogP contribution in [0.15, 0.2) is 102 Å². The molecule has 0 spiro atoms. The number of carbonyl (C=O) groups is 4. The number of piperidine rings is 1. The molecule has 3 N–H and O–H groups in total. The molecule has 4 aliphatic heterocycles. The van der Waals surface area contributed by atoms with Crippen molar-refractivity contribution in [1.29, 1.82) is 0 Å². The highest BCUT2D eigenvalue weighted by Crippen LogP contribution is 2.31. The largest absolute Gasteiger partial charge is 0.380 e. The zero-order chi connectivity index (χ0) is 51.4. The normalized spacial score (nSPS) is 17.1. The quantitative estimate of drug-likeness (QED) is 0.124. The maximum absolute atomic E-state index is 14.4. The van der Waals surface area contributed by atoms with E-state index in [4.69, 9.17) is 4.74 Å². The number of likely N-dealkylation sites (N-methyl/N-ethyl adjacent to an activating group) is 1. The van der Waals surface area contributed by atoms with Crippen LogP contribution in [-0.4, -0.2) is 179 Å². The lowest BCUT2D eigenvalue weighted by atomic mass is 9.94. The number of piperazine rings is 2. The van der Waals surface area contributed by atoms with Gasteiger partial charge in [0.15, 0.2) is 5.69 Å². The molecule has 0 aliphatic carbocycles. The molecule has 3 amide bonds. The minimum Gasteiger partial charge on any atom is -0.380 e. The number of carbonyl (C=O) groups excluding carboxylic acids is 4. The number of nitrogens with one attached hydrogen (secondary N) is 3. The molecule has 0 saturated carbocycles. The molecule has 4 aliphatic rings. The van der Waals surface area contributed by atoms with E-state index < -0.39 is 5.82 Å². The smallest absolute Gasteiger partial charge is 0.274 e. The molecule has 4 fully saturated rings. The van der Waals surface area contributed by atoms with Crippen molar-refractivity contribution >= 4 is 40.5 Å². The van der Waals surface area contributed by atoms with E-state index in [0.29, 0.717) is 87.5 Å². The second-order valence-corrected chi connectivity index (χ2v) is 19.5. The van der Waals surface area contributed by atoms with Gasteiger partial charge in [0.05, 0.1) is 54.3 Å². The number of halogens is 1. The van der Waals surface area contributed by atoms with Gasteiger partial charge in [-0.2, -0.15) is 5.10 Å². The summed E-state index contributed by atoms with van der Waals surface area (Å²) in [5.74, 6) is -0.348. The average Bonchev–Trinajstić information content (AvgIpc) is 3.41. The number of aromatic nitrogens is 5. The fourth-order valence-corrected chi connectivity index (χ4v) is 9.83. The van der Waals surface area contributed by atoms with E-state index in [0.717, 1.165) is 92.7 Å². The summed E-state index contributed by atoms with van der Waals surface area (Å²) in [5.41, 5.74) is 5.72. The lowest BCUT2D eigenvalue weighted by Crippen LogP contribution is -2.49. The number of nitrogens with zero attached hydrogens (tertiary/aromatic N) is 9. The predicted octanol–water partition coefficient (Wildman–Crippen LogP) is 4.09. The van der Waals surface area contributed by atoms with Crippen LogP contribution in [0.3, 0.4) is 0 Å². The Balaban J connectivity index is 0.000000205. The Hall–Kier alpha value is -7.16. The monoisotopic (exact) mass is 1010 g/mol. The van der Waals surface area contributed by atoms with Crippen LogP contribution in [0.1, 0.15) is 62.1 Å². The van der Waals surface area contributed by atoms with Gasteiger partial charge in [-0.05, 0) is 72.8 Å². The zero-order valence-electron chi connectivity index (χ0n) is 41.8. The topological polar surface area (TPSA) is 202 Å². The van der Waals surface area contributed by atoms with Gasteiger partial charge in [0.25, 0.3) is 17.4 Å². The first kappa shape index (κ1) is 51.7. The van der Waals surface area contributed by atoms with Gasteiger partial charge in [0, 0.05) is 114 Å². The zero-order valence-corrected chi connectivity index (χ0v) is 41.8. The van der Waals surface area contributed by atoms with Crippen LogP contribution in [0, 0.1) is 11.7 Å². The number of amides is 3. The number of hydrogen-bond acceptors (Lipinski definition) is 14. The Morgan fingerprint density at radius 2 is 1.57 bits per heavy atom. The van der Waals surface area contributed by atoms with Crippen LogP contribution >= 0.6 is 0 Å². The van der Waals surface area contributed by atoms with Crippen molar-refractivity contribution in [3.63, 3.8) is 0 Å². The number of benzene rings is 3. The Bertz CT molecular complexity index is 2970. The molecule has 0 bridgehead atoms. The highest BCUT2D eigenvalue weighted by molar-refractivity contribution is 6.03. The number of fused-ring (bicyclic) bond motifs is 1. The lowest BCUT2D eigenvalue weighted by Gasteiger charge is -2.38. The third kappa shape index (κ3) is 13.1. The predicted molar refractivity (Wildman–Crippen MR) is 278 cm³/mol. The van der Waals surface area contributed by atoms with Gasteiger partial charge in [-0.3, -0.25) is 24.1 Å². The first-order valence-electron chi connectivity index (χ1n) is 25.4. The summed E-state index contributed by atoms with van der Waals surface area (Å²) in [4.78, 5) is 85.6. The Morgan fingerprint density at radius 1 is 0.811 bits per heavy atom. The molecule has 0 unspecified atom stereocenters. The molecule has 4 saturated heterocycles. The Labute approximate surface area is 429 Å². The highest BCUT2D eigenvalue weighted by atomic mass is 19.1. The molecule has 7 heterocycles. The standard InChI is InChI=1S/C34H42N8O4.C21H21FN4O2/c43-15-14-40-10-12-41(13-11-40)21-25-5-8-42(9-6-25)34(45)33-31(39-32(44)20-36-19-30-4-7-35-24-38-30)17-28(18-37-33)26-2-1-3-27(16-26)29-22-46-23-29;1-25-8-10-26(11-9-25)21(28)17-12-14(6-7-18(17)22)13-19-15-4-2-3-5-16(15)20(27)24-23-19/h1-4,7,15-18,24-25,29,36H,5-6,8-14,19-23H2,(H,39,44);2-7,12H,8-11,13H2,1H3,(H,24,27). The maximum Gasteiger partial charge on any atom is 0.274 e.